The molecule has 1 aromatic rings. The number of ether oxygens (including phenoxy) is 1. The molecular weight excluding hydrogens is 310 g/mol. The summed E-state index contributed by atoms with van der Waals surface area (Å²) in [4.78, 5) is 25.5. The lowest BCUT2D eigenvalue weighted by molar-refractivity contribution is -0.111. The number of carbonyl (C=O) groups is 2. The van der Waals surface area contributed by atoms with Crippen LogP contribution in [0.2, 0.25) is 0 Å². The van der Waals surface area contributed by atoms with Gasteiger partial charge in [0.1, 0.15) is 5.00 Å². The molecule has 1 aliphatic carbocycles. The Morgan fingerprint density at radius 2 is 2.17 bits per heavy atom. The Morgan fingerprint density at radius 3 is 2.83 bits per heavy atom. The molecule has 1 atom stereocenters. The second kappa shape index (κ2) is 8.29. The molecule has 0 spiro atoms. The van der Waals surface area contributed by atoms with E-state index in [4.69, 9.17) is 4.74 Å². The average Bonchev–Trinajstić information content (AvgIpc) is 2.85. The summed E-state index contributed by atoms with van der Waals surface area (Å²) in [6.07, 6.45) is 8.54. The molecule has 0 aliphatic heterocycles. The van der Waals surface area contributed by atoms with Gasteiger partial charge in [0.25, 0.3) is 0 Å². The summed E-state index contributed by atoms with van der Waals surface area (Å²) in [5.41, 5.74) is 1.65. The van der Waals surface area contributed by atoms with E-state index >= 15 is 0 Å². The van der Waals surface area contributed by atoms with Crippen molar-refractivity contribution in [3.8, 4) is 0 Å². The number of amides is 1. The SMILES string of the molecule is C/C=C/C(=O)Nc1sc2c(c1C(=O)OCC)CCC(CCC)C2. The van der Waals surface area contributed by atoms with Gasteiger partial charge in [-0.1, -0.05) is 25.8 Å². The zero-order valence-electron chi connectivity index (χ0n) is 14.1. The third kappa shape index (κ3) is 4.22. The molecule has 1 heterocycles. The lowest BCUT2D eigenvalue weighted by Crippen LogP contribution is -2.16. The van der Waals surface area contributed by atoms with E-state index in [9.17, 15) is 9.59 Å². The van der Waals surface area contributed by atoms with Crippen LogP contribution in [0.1, 0.15) is 60.8 Å². The summed E-state index contributed by atoms with van der Waals surface area (Å²) in [5, 5.41) is 3.48. The predicted molar refractivity (Wildman–Crippen MR) is 94.1 cm³/mol. The van der Waals surface area contributed by atoms with E-state index in [-0.39, 0.29) is 11.9 Å². The van der Waals surface area contributed by atoms with Crippen LogP contribution in [0.3, 0.4) is 0 Å². The van der Waals surface area contributed by atoms with Crippen LogP contribution >= 0.6 is 11.3 Å². The number of hydrogen-bond acceptors (Lipinski definition) is 4. The highest BCUT2D eigenvalue weighted by Gasteiger charge is 2.29. The summed E-state index contributed by atoms with van der Waals surface area (Å²) in [6, 6.07) is 0. The second-order valence-corrected chi connectivity index (χ2v) is 6.92. The maximum Gasteiger partial charge on any atom is 0.341 e. The smallest absolute Gasteiger partial charge is 0.341 e. The van der Waals surface area contributed by atoms with Crippen LogP contribution in [0.4, 0.5) is 5.00 Å². The average molecular weight is 335 g/mol. The Labute approximate surface area is 141 Å². The largest absolute Gasteiger partial charge is 0.462 e. The maximum absolute atomic E-state index is 12.4. The lowest BCUT2D eigenvalue weighted by Gasteiger charge is -2.21. The molecule has 1 aromatic heterocycles. The van der Waals surface area contributed by atoms with Crippen molar-refractivity contribution < 1.29 is 14.3 Å². The molecule has 0 aromatic carbocycles. The molecule has 126 valence electrons. The van der Waals surface area contributed by atoms with Gasteiger partial charge < -0.3 is 10.1 Å². The van der Waals surface area contributed by atoms with Gasteiger partial charge in [0.05, 0.1) is 12.2 Å². The molecule has 5 heteroatoms. The van der Waals surface area contributed by atoms with E-state index in [1.165, 1.54) is 35.1 Å². The second-order valence-electron chi connectivity index (χ2n) is 5.82. The number of hydrogen-bond donors (Lipinski definition) is 1. The first kappa shape index (κ1) is 17.7. The van der Waals surface area contributed by atoms with Gasteiger partial charge in [0.15, 0.2) is 0 Å². The van der Waals surface area contributed by atoms with Gasteiger partial charge in [-0.2, -0.15) is 0 Å². The summed E-state index contributed by atoms with van der Waals surface area (Å²) in [6.45, 7) is 6.13. The minimum atomic E-state index is -0.324. The van der Waals surface area contributed by atoms with Crippen LogP contribution < -0.4 is 5.32 Å². The molecule has 0 saturated heterocycles. The zero-order valence-corrected chi connectivity index (χ0v) is 14.9. The van der Waals surface area contributed by atoms with E-state index in [0.29, 0.717) is 23.1 Å². The fourth-order valence-corrected chi connectivity index (χ4v) is 4.47. The third-order valence-corrected chi connectivity index (χ3v) is 5.27. The number of rotatable bonds is 6. The Morgan fingerprint density at radius 1 is 1.39 bits per heavy atom. The third-order valence-electron chi connectivity index (χ3n) is 4.10. The highest BCUT2D eigenvalue weighted by molar-refractivity contribution is 7.17. The first-order valence-electron chi connectivity index (χ1n) is 8.35. The quantitative estimate of drug-likeness (QED) is 0.621. The first-order valence-corrected chi connectivity index (χ1v) is 9.17. The molecule has 4 nitrogen and oxygen atoms in total. The lowest BCUT2D eigenvalue weighted by atomic mass is 9.84. The van der Waals surface area contributed by atoms with Gasteiger partial charge in [-0.3, -0.25) is 4.79 Å². The Bertz CT molecular complexity index is 604. The van der Waals surface area contributed by atoms with Crippen LogP contribution in [0.5, 0.6) is 0 Å². The van der Waals surface area contributed by atoms with Gasteiger partial charge in [0, 0.05) is 4.88 Å². The van der Waals surface area contributed by atoms with Gasteiger partial charge in [0.2, 0.25) is 5.91 Å². The number of esters is 1. The number of nitrogens with one attached hydrogen (secondary N) is 1. The molecule has 23 heavy (non-hydrogen) atoms. The fraction of sp³-hybridized carbons (Fsp3) is 0.556. The molecule has 0 radical (unpaired) electrons. The normalized spacial score (nSPS) is 17.1. The fourth-order valence-electron chi connectivity index (χ4n) is 3.12. The molecule has 1 unspecified atom stereocenters. The number of fused-ring (bicyclic) bond motifs is 1. The summed E-state index contributed by atoms with van der Waals surface area (Å²) in [5.74, 6) is 0.150. The first-order chi connectivity index (χ1) is 11.1. The van der Waals surface area contributed by atoms with Crippen molar-refractivity contribution in [3.63, 3.8) is 0 Å². The highest BCUT2D eigenvalue weighted by atomic mass is 32.1. The topological polar surface area (TPSA) is 55.4 Å². The number of carbonyl (C=O) groups excluding carboxylic acids is 2. The van der Waals surface area contributed by atoms with Crippen molar-refractivity contribution in [1.82, 2.24) is 0 Å². The minimum absolute atomic E-state index is 0.207. The molecule has 1 N–H and O–H groups in total. The van der Waals surface area contributed by atoms with Crippen LogP contribution in [0.25, 0.3) is 0 Å². The number of thiophene rings is 1. The molecule has 1 amide bonds. The zero-order chi connectivity index (χ0) is 16.8. The maximum atomic E-state index is 12.4. The highest BCUT2D eigenvalue weighted by Crippen LogP contribution is 2.41. The van der Waals surface area contributed by atoms with Gasteiger partial charge in [-0.05, 0) is 50.7 Å². The Balaban J connectivity index is 2.33. The van der Waals surface area contributed by atoms with E-state index in [1.54, 1.807) is 19.9 Å². The Hall–Kier alpha value is -1.62. The standard InChI is InChI=1S/C18H25NO3S/c1-4-7-12-9-10-13-14(11-12)23-17(19-15(20)8-5-2)16(13)18(21)22-6-3/h5,8,12H,4,6-7,9-11H2,1-3H3,(H,19,20)/b8-5+. The van der Waals surface area contributed by atoms with E-state index in [0.717, 1.165) is 24.8 Å². The summed E-state index contributed by atoms with van der Waals surface area (Å²) >= 11 is 1.53. The minimum Gasteiger partial charge on any atom is -0.462 e. The van der Waals surface area contributed by atoms with E-state index in [1.807, 2.05) is 0 Å². The van der Waals surface area contributed by atoms with Crippen molar-refractivity contribution in [3.05, 3.63) is 28.2 Å². The molecule has 0 bridgehead atoms. The number of allylic oxidation sites excluding steroid dienone is 1. The van der Waals surface area contributed by atoms with Crippen LogP contribution in [0.15, 0.2) is 12.2 Å². The van der Waals surface area contributed by atoms with Gasteiger partial charge in [-0.25, -0.2) is 4.79 Å². The summed E-state index contributed by atoms with van der Waals surface area (Å²) < 4.78 is 5.21. The van der Waals surface area contributed by atoms with E-state index in [2.05, 4.69) is 12.2 Å². The number of anilines is 1. The molecule has 0 saturated carbocycles. The monoisotopic (exact) mass is 335 g/mol. The molecular formula is C18H25NO3S. The Kier molecular flexibility index (Phi) is 6.39. The van der Waals surface area contributed by atoms with Crippen LogP contribution in [-0.2, 0) is 22.4 Å². The van der Waals surface area contributed by atoms with E-state index < -0.39 is 0 Å². The van der Waals surface area contributed by atoms with Crippen LogP contribution in [0, 0.1) is 5.92 Å². The van der Waals surface area contributed by atoms with Gasteiger partial charge in [-0.15, -0.1) is 11.3 Å². The van der Waals surface area contributed by atoms with Crippen molar-refractivity contribution in [2.24, 2.45) is 5.92 Å². The van der Waals surface area contributed by atoms with Crippen molar-refractivity contribution in [2.75, 3.05) is 11.9 Å². The molecule has 1 aliphatic rings. The molecule has 0 fully saturated rings. The van der Waals surface area contributed by atoms with Crippen molar-refractivity contribution in [2.45, 2.75) is 52.9 Å². The van der Waals surface area contributed by atoms with Crippen LogP contribution in [-0.4, -0.2) is 18.5 Å². The molecule has 2 rings (SSSR count). The van der Waals surface area contributed by atoms with Crippen molar-refractivity contribution in [1.29, 1.82) is 0 Å². The van der Waals surface area contributed by atoms with Gasteiger partial charge >= 0.3 is 5.97 Å². The van der Waals surface area contributed by atoms with Crippen molar-refractivity contribution >= 4 is 28.2 Å². The predicted octanol–water partition coefficient (Wildman–Crippen LogP) is 4.34. The summed E-state index contributed by atoms with van der Waals surface area (Å²) in [7, 11) is 0.